The maximum Gasteiger partial charge on any atom is 0.237 e. The zero-order valence-electron chi connectivity index (χ0n) is 10.3. The van der Waals surface area contributed by atoms with Gasteiger partial charge in [-0.3, -0.25) is 4.79 Å². The van der Waals surface area contributed by atoms with Gasteiger partial charge in [-0.2, -0.15) is 0 Å². The Morgan fingerprint density at radius 3 is 2.62 bits per heavy atom. The standard InChI is InChI=1S/C13H22N2O/c1-4-9-14-13(16)11(3)15-10(2)12-7-5-6-8-12/h1,10-12,15H,5-9H2,2-3H3,(H,14,16). The predicted molar refractivity (Wildman–Crippen MR) is 65.9 cm³/mol. The van der Waals surface area contributed by atoms with E-state index in [0.717, 1.165) is 5.92 Å². The Kier molecular flexibility index (Phi) is 5.34. The summed E-state index contributed by atoms with van der Waals surface area (Å²) in [6.45, 7) is 4.36. The highest BCUT2D eigenvalue weighted by molar-refractivity contribution is 5.81. The number of hydrogen-bond donors (Lipinski definition) is 2. The van der Waals surface area contributed by atoms with Crippen molar-refractivity contribution >= 4 is 5.91 Å². The van der Waals surface area contributed by atoms with Gasteiger partial charge in [-0.25, -0.2) is 0 Å². The van der Waals surface area contributed by atoms with Crippen LogP contribution in [0.1, 0.15) is 39.5 Å². The second-order valence-corrected chi connectivity index (χ2v) is 4.64. The number of carbonyl (C=O) groups is 1. The number of hydrogen-bond acceptors (Lipinski definition) is 2. The molecule has 1 aliphatic carbocycles. The van der Waals surface area contributed by atoms with Crippen LogP contribution in [0.2, 0.25) is 0 Å². The van der Waals surface area contributed by atoms with E-state index in [9.17, 15) is 4.79 Å². The Morgan fingerprint density at radius 1 is 1.44 bits per heavy atom. The molecule has 2 atom stereocenters. The zero-order valence-corrected chi connectivity index (χ0v) is 10.3. The third kappa shape index (κ3) is 3.86. The van der Waals surface area contributed by atoms with Crippen molar-refractivity contribution in [3.63, 3.8) is 0 Å². The highest BCUT2D eigenvalue weighted by Crippen LogP contribution is 2.27. The molecular weight excluding hydrogens is 200 g/mol. The average molecular weight is 222 g/mol. The van der Waals surface area contributed by atoms with Gasteiger partial charge in [-0.1, -0.05) is 18.8 Å². The molecule has 0 aromatic carbocycles. The second-order valence-electron chi connectivity index (χ2n) is 4.64. The van der Waals surface area contributed by atoms with E-state index >= 15 is 0 Å². The smallest absolute Gasteiger partial charge is 0.237 e. The molecule has 90 valence electrons. The summed E-state index contributed by atoms with van der Waals surface area (Å²) in [4.78, 5) is 11.6. The Balaban J connectivity index is 2.29. The van der Waals surface area contributed by atoms with Gasteiger partial charge in [-0.15, -0.1) is 6.42 Å². The minimum atomic E-state index is -0.163. The number of amides is 1. The minimum absolute atomic E-state index is 0.0113. The number of terminal acetylenes is 1. The summed E-state index contributed by atoms with van der Waals surface area (Å²) < 4.78 is 0. The Hall–Kier alpha value is -1.01. The molecule has 0 aliphatic heterocycles. The van der Waals surface area contributed by atoms with Gasteiger partial charge in [-0.05, 0) is 32.6 Å². The predicted octanol–water partition coefficient (Wildman–Crippen LogP) is 1.29. The fourth-order valence-corrected chi connectivity index (χ4v) is 2.35. The summed E-state index contributed by atoms with van der Waals surface area (Å²) in [7, 11) is 0. The largest absolute Gasteiger partial charge is 0.344 e. The van der Waals surface area contributed by atoms with E-state index in [1.54, 1.807) is 0 Å². The zero-order chi connectivity index (χ0) is 12.0. The molecule has 3 nitrogen and oxygen atoms in total. The minimum Gasteiger partial charge on any atom is -0.344 e. The van der Waals surface area contributed by atoms with E-state index in [4.69, 9.17) is 6.42 Å². The lowest BCUT2D eigenvalue weighted by atomic mass is 9.99. The lowest BCUT2D eigenvalue weighted by Crippen LogP contribution is -2.47. The van der Waals surface area contributed by atoms with Crippen LogP contribution in [0.5, 0.6) is 0 Å². The molecule has 1 saturated carbocycles. The van der Waals surface area contributed by atoms with E-state index in [-0.39, 0.29) is 11.9 Å². The van der Waals surface area contributed by atoms with Gasteiger partial charge >= 0.3 is 0 Å². The maximum atomic E-state index is 11.6. The maximum absolute atomic E-state index is 11.6. The van der Waals surface area contributed by atoms with Gasteiger partial charge in [0.15, 0.2) is 0 Å². The fraction of sp³-hybridized carbons (Fsp3) is 0.769. The van der Waals surface area contributed by atoms with Crippen LogP contribution in [0, 0.1) is 18.3 Å². The van der Waals surface area contributed by atoms with Crippen LogP contribution >= 0.6 is 0 Å². The Morgan fingerprint density at radius 2 is 2.06 bits per heavy atom. The lowest BCUT2D eigenvalue weighted by molar-refractivity contribution is -0.122. The first-order valence-electron chi connectivity index (χ1n) is 6.12. The first kappa shape index (κ1) is 13.1. The Labute approximate surface area is 98.4 Å². The lowest BCUT2D eigenvalue weighted by Gasteiger charge is -2.24. The molecule has 3 heteroatoms. The summed E-state index contributed by atoms with van der Waals surface area (Å²) in [5.41, 5.74) is 0. The van der Waals surface area contributed by atoms with Crippen molar-refractivity contribution in [1.82, 2.24) is 10.6 Å². The van der Waals surface area contributed by atoms with E-state index in [1.165, 1.54) is 25.7 Å². The number of nitrogens with one attached hydrogen (secondary N) is 2. The van der Waals surface area contributed by atoms with E-state index in [2.05, 4.69) is 23.5 Å². The monoisotopic (exact) mass is 222 g/mol. The highest BCUT2D eigenvalue weighted by Gasteiger charge is 2.24. The van der Waals surface area contributed by atoms with Gasteiger partial charge in [0, 0.05) is 6.04 Å². The molecular formula is C13H22N2O. The molecule has 1 amide bonds. The summed E-state index contributed by atoms with van der Waals surface area (Å²) in [5, 5.41) is 6.04. The van der Waals surface area contributed by atoms with Gasteiger partial charge in [0.05, 0.1) is 12.6 Å². The van der Waals surface area contributed by atoms with Gasteiger partial charge in [0.2, 0.25) is 5.91 Å². The quantitative estimate of drug-likeness (QED) is 0.688. The van der Waals surface area contributed by atoms with Crippen molar-refractivity contribution < 1.29 is 4.79 Å². The van der Waals surface area contributed by atoms with Crippen LogP contribution < -0.4 is 10.6 Å². The SMILES string of the molecule is C#CCNC(=O)C(C)NC(C)C1CCCC1. The van der Waals surface area contributed by atoms with Crippen LogP contribution in [0.3, 0.4) is 0 Å². The van der Waals surface area contributed by atoms with Gasteiger partial charge in [0.1, 0.15) is 0 Å². The van der Waals surface area contributed by atoms with E-state index < -0.39 is 0 Å². The first-order valence-corrected chi connectivity index (χ1v) is 6.12. The molecule has 0 spiro atoms. The number of rotatable bonds is 5. The molecule has 1 fully saturated rings. The van der Waals surface area contributed by atoms with E-state index in [0.29, 0.717) is 12.6 Å². The molecule has 1 rings (SSSR count). The van der Waals surface area contributed by atoms with Gasteiger partial charge in [0.25, 0.3) is 0 Å². The summed E-state index contributed by atoms with van der Waals surface area (Å²) in [6.07, 6.45) is 10.3. The van der Waals surface area contributed by atoms with Crippen molar-refractivity contribution in [2.45, 2.75) is 51.6 Å². The normalized spacial score (nSPS) is 20.1. The highest BCUT2D eigenvalue weighted by atomic mass is 16.2. The van der Waals surface area contributed by atoms with Crippen molar-refractivity contribution in [3.8, 4) is 12.3 Å². The van der Waals surface area contributed by atoms with Crippen molar-refractivity contribution in [1.29, 1.82) is 0 Å². The van der Waals surface area contributed by atoms with Crippen molar-refractivity contribution in [2.75, 3.05) is 6.54 Å². The summed E-state index contributed by atoms with van der Waals surface area (Å²) >= 11 is 0. The van der Waals surface area contributed by atoms with Crippen molar-refractivity contribution in [2.24, 2.45) is 5.92 Å². The van der Waals surface area contributed by atoms with Crippen LogP contribution in [0.4, 0.5) is 0 Å². The van der Waals surface area contributed by atoms with Crippen LogP contribution in [0.15, 0.2) is 0 Å². The molecule has 16 heavy (non-hydrogen) atoms. The molecule has 0 bridgehead atoms. The molecule has 2 unspecified atom stereocenters. The summed E-state index contributed by atoms with van der Waals surface area (Å²) in [6, 6.07) is 0.248. The molecule has 2 N–H and O–H groups in total. The average Bonchev–Trinajstić information content (AvgIpc) is 2.79. The number of carbonyl (C=O) groups excluding carboxylic acids is 1. The topological polar surface area (TPSA) is 41.1 Å². The van der Waals surface area contributed by atoms with Gasteiger partial charge < -0.3 is 10.6 Å². The second kappa shape index (κ2) is 6.55. The molecule has 0 aromatic heterocycles. The first-order chi connectivity index (χ1) is 7.65. The summed E-state index contributed by atoms with van der Waals surface area (Å²) in [5.74, 6) is 3.12. The van der Waals surface area contributed by atoms with Crippen molar-refractivity contribution in [3.05, 3.63) is 0 Å². The third-order valence-corrected chi connectivity index (χ3v) is 3.38. The molecule has 0 heterocycles. The Bertz CT molecular complexity index is 264. The third-order valence-electron chi connectivity index (χ3n) is 3.38. The fourth-order valence-electron chi connectivity index (χ4n) is 2.35. The molecule has 0 radical (unpaired) electrons. The van der Waals surface area contributed by atoms with E-state index in [1.807, 2.05) is 6.92 Å². The van der Waals surface area contributed by atoms with Crippen LogP contribution in [-0.2, 0) is 4.79 Å². The van der Waals surface area contributed by atoms with Crippen LogP contribution in [-0.4, -0.2) is 24.5 Å². The van der Waals surface area contributed by atoms with Crippen LogP contribution in [0.25, 0.3) is 0 Å². The molecule has 0 aromatic rings. The molecule has 0 saturated heterocycles. The molecule has 1 aliphatic rings.